The maximum Gasteiger partial charge on any atom is 0.346 e. The van der Waals surface area contributed by atoms with Crippen LogP contribution < -0.4 is 10.5 Å². The monoisotopic (exact) mass is 490 g/mol. The summed E-state index contributed by atoms with van der Waals surface area (Å²) in [6, 6.07) is 9.83. The number of benzene rings is 1. The van der Waals surface area contributed by atoms with E-state index in [1.807, 2.05) is 18.2 Å². The number of rotatable bonds is 6. The summed E-state index contributed by atoms with van der Waals surface area (Å²) in [5, 5.41) is 14.7. The molecule has 0 bridgehead atoms. The Kier molecular flexibility index (Phi) is 6.96. The zero-order chi connectivity index (χ0) is 25.1. The molecule has 1 unspecified atom stereocenters. The molecule has 1 amide bonds. The van der Waals surface area contributed by atoms with Gasteiger partial charge in [0.25, 0.3) is 0 Å². The molecule has 10 heteroatoms. The van der Waals surface area contributed by atoms with Crippen molar-refractivity contribution in [3.05, 3.63) is 76.3 Å². The second kappa shape index (κ2) is 10.1. The van der Waals surface area contributed by atoms with Gasteiger partial charge in [-0.15, -0.1) is 0 Å². The first-order valence-corrected chi connectivity index (χ1v) is 11.3. The highest BCUT2D eigenvalue weighted by atomic mass is 35.5. The van der Waals surface area contributed by atoms with Gasteiger partial charge in [0.2, 0.25) is 5.78 Å². The van der Waals surface area contributed by atoms with Gasteiger partial charge in [0, 0.05) is 49.1 Å². The molecule has 3 aromatic rings. The minimum Gasteiger partial charge on any atom is -0.453 e. The van der Waals surface area contributed by atoms with Crippen LogP contribution in [-0.2, 0) is 11.2 Å². The number of carbonyl (C=O) groups is 2. The minimum absolute atomic E-state index is 0.171. The number of nitrogens with zero attached hydrogens (tertiary/aromatic N) is 5. The minimum atomic E-state index is -0.563. The normalized spacial score (nSPS) is 15.4. The van der Waals surface area contributed by atoms with E-state index >= 15 is 0 Å². The summed E-state index contributed by atoms with van der Waals surface area (Å²) in [6.07, 6.45) is 5.45. The average molecular weight is 491 g/mol. The number of likely N-dealkylation sites (N-methyl/N-ethyl adjacent to an activating group) is 1. The first kappa shape index (κ1) is 24.1. The summed E-state index contributed by atoms with van der Waals surface area (Å²) in [6.45, 7) is 2.46. The van der Waals surface area contributed by atoms with Crippen LogP contribution in [0.1, 0.15) is 18.2 Å². The van der Waals surface area contributed by atoms with Crippen molar-refractivity contribution in [3.63, 3.8) is 0 Å². The number of nitrogens with two attached hydrogens (primary N) is 1. The summed E-state index contributed by atoms with van der Waals surface area (Å²) in [7, 11) is 1.64. The molecule has 1 aromatic carbocycles. The molecule has 0 radical (unpaired) electrons. The Bertz CT molecular complexity index is 1420. The van der Waals surface area contributed by atoms with Crippen LogP contribution in [0.2, 0.25) is 5.02 Å². The highest BCUT2D eigenvalue weighted by Crippen LogP contribution is 2.29. The van der Waals surface area contributed by atoms with Crippen molar-refractivity contribution in [2.45, 2.75) is 13.3 Å². The van der Waals surface area contributed by atoms with E-state index in [0.29, 0.717) is 51.7 Å². The zero-order valence-electron chi connectivity index (χ0n) is 19.2. The number of allylic oxidation sites excluding steroid dienone is 4. The number of carbonyl (C=O) groups excluding carboxylic acids is 2. The average Bonchev–Trinajstić information content (AvgIpc) is 3.21. The van der Waals surface area contributed by atoms with Crippen LogP contribution in [0.5, 0.6) is 5.75 Å². The first-order chi connectivity index (χ1) is 16.8. The number of pyridine rings is 1. The number of nitriles is 1. The number of hydrogen-bond acceptors (Lipinski definition) is 7. The van der Waals surface area contributed by atoms with Gasteiger partial charge >= 0.3 is 6.03 Å². The molecule has 0 saturated carbocycles. The fourth-order valence-electron chi connectivity index (χ4n) is 3.84. The molecule has 1 aliphatic carbocycles. The van der Waals surface area contributed by atoms with Crippen LogP contribution >= 0.6 is 11.6 Å². The van der Waals surface area contributed by atoms with Gasteiger partial charge in [0.15, 0.2) is 11.4 Å². The van der Waals surface area contributed by atoms with Crippen LogP contribution in [0.25, 0.3) is 11.0 Å². The lowest BCUT2D eigenvalue weighted by molar-refractivity contribution is -0.120. The molecule has 4 rings (SSSR count). The van der Waals surface area contributed by atoms with Crippen LogP contribution in [0.15, 0.2) is 60.0 Å². The molecule has 0 spiro atoms. The second-order valence-corrected chi connectivity index (χ2v) is 8.60. The number of ether oxygens (including phenoxy) is 1. The molecule has 0 fully saturated rings. The molecule has 178 valence electrons. The third kappa shape index (κ3) is 4.94. The Balaban J connectivity index is 1.62. The highest BCUT2D eigenvalue weighted by Gasteiger charge is 2.29. The molecule has 2 aromatic heterocycles. The summed E-state index contributed by atoms with van der Waals surface area (Å²) in [5.74, 6) is -0.323. The lowest BCUT2D eigenvalue weighted by atomic mass is 9.90. The fourth-order valence-corrected chi connectivity index (χ4v) is 4.06. The molecule has 2 N–H and O–H groups in total. The van der Waals surface area contributed by atoms with E-state index in [4.69, 9.17) is 22.1 Å². The Morgan fingerprint density at radius 2 is 2.17 bits per heavy atom. The van der Waals surface area contributed by atoms with E-state index in [9.17, 15) is 14.9 Å². The predicted octanol–water partition coefficient (Wildman–Crippen LogP) is 3.47. The summed E-state index contributed by atoms with van der Waals surface area (Å²) < 4.78 is 7.13. The van der Waals surface area contributed by atoms with E-state index in [1.54, 1.807) is 38.4 Å². The van der Waals surface area contributed by atoms with Gasteiger partial charge in [-0.25, -0.2) is 9.78 Å². The van der Waals surface area contributed by atoms with Gasteiger partial charge in [0.1, 0.15) is 5.75 Å². The summed E-state index contributed by atoms with van der Waals surface area (Å²) in [5.41, 5.74) is 7.54. The number of amides is 1. The molecular formula is C25H23ClN6O3. The topological polar surface area (TPSA) is 127 Å². The van der Waals surface area contributed by atoms with Crippen molar-refractivity contribution in [3.8, 4) is 11.8 Å². The molecule has 1 aliphatic rings. The lowest BCUT2D eigenvalue weighted by Gasteiger charge is -2.20. The Morgan fingerprint density at radius 1 is 1.37 bits per heavy atom. The molecule has 9 nitrogen and oxygen atoms in total. The largest absolute Gasteiger partial charge is 0.453 e. The van der Waals surface area contributed by atoms with Gasteiger partial charge in [-0.05, 0) is 42.8 Å². The zero-order valence-corrected chi connectivity index (χ0v) is 20.0. The van der Waals surface area contributed by atoms with Crippen molar-refractivity contribution >= 4 is 34.4 Å². The third-order valence-electron chi connectivity index (χ3n) is 5.62. The molecule has 1 atom stereocenters. The highest BCUT2D eigenvalue weighted by molar-refractivity contribution is 6.30. The van der Waals surface area contributed by atoms with E-state index in [1.165, 1.54) is 21.7 Å². The third-order valence-corrected chi connectivity index (χ3v) is 5.84. The number of ketones is 1. The fraction of sp³-hybridized carbons (Fsp3) is 0.240. The number of halogens is 1. The van der Waals surface area contributed by atoms with Gasteiger partial charge < -0.3 is 15.4 Å². The molecule has 0 aliphatic heterocycles. The Labute approximate surface area is 207 Å². The van der Waals surface area contributed by atoms with Crippen LogP contribution in [0.3, 0.4) is 0 Å². The van der Waals surface area contributed by atoms with Crippen LogP contribution in [0, 0.1) is 17.2 Å². The molecular weight excluding hydrogens is 468 g/mol. The van der Waals surface area contributed by atoms with Crippen molar-refractivity contribution in [2.75, 3.05) is 20.1 Å². The Hall–Kier alpha value is -4.00. The smallest absolute Gasteiger partial charge is 0.346 e. The van der Waals surface area contributed by atoms with Crippen molar-refractivity contribution < 1.29 is 14.3 Å². The SMILES string of the molecule is CC1=C(Oc2cc(Cl)cc(C#N)c2)C(=O)C(Cc2nn(C(=O)N(C)CCN)c3ncccc23)C=C1. The van der Waals surface area contributed by atoms with Gasteiger partial charge in [-0.2, -0.15) is 15.0 Å². The summed E-state index contributed by atoms with van der Waals surface area (Å²) in [4.78, 5) is 32.1. The van der Waals surface area contributed by atoms with Crippen molar-refractivity contribution in [2.24, 2.45) is 11.7 Å². The van der Waals surface area contributed by atoms with Gasteiger partial charge in [0.05, 0.1) is 17.3 Å². The van der Waals surface area contributed by atoms with Crippen molar-refractivity contribution in [1.29, 1.82) is 5.26 Å². The maximum absolute atomic E-state index is 13.4. The van der Waals surface area contributed by atoms with Crippen molar-refractivity contribution in [1.82, 2.24) is 19.7 Å². The van der Waals surface area contributed by atoms with E-state index in [-0.39, 0.29) is 24.0 Å². The van der Waals surface area contributed by atoms with Crippen LogP contribution in [-0.4, -0.2) is 51.6 Å². The number of hydrogen-bond donors (Lipinski definition) is 1. The van der Waals surface area contributed by atoms with Gasteiger partial charge in [-0.3, -0.25) is 4.79 Å². The van der Waals surface area contributed by atoms with E-state index in [2.05, 4.69) is 10.1 Å². The molecule has 0 saturated heterocycles. The quantitative estimate of drug-likeness (QED) is 0.560. The van der Waals surface area contributed by atoms with Gasteiger partial charge in [-0.1, -0.05) is 23.8 Å². The predicted molar refractivity (Wildman–Crippen MR) is 131 cm³/mol. The lowest BCUT2D eigenvalue weighted by Crippen LogP contribution is -2.35. The second-order valence-electron chi connectivity index (χ2n) is 8.16. The van der Waals surface area contributed by atoms with E-state index in [0.717, 1.165) is 0 Å². The van der Waals surface area contributed by atoms with E-state index < -0.39 is 5.92 Å². The number of Topliss-reactive ketones (excluding diaryl/α,β-unsaturated/α-hetero) is 1. The van der Waals surface area contributed by atoms with Crippen LogP contribution in [0.4, 0.5) is 4.79 Å². The Morgan fingerprint density at radius 3 is 2.91 bits per heavy atom. The molecule has 35 heavy (non-hydrogen) atoms. The maximum atomic E-state index is 13.4. The number of fused-ring (bicyclic) bond motifs is 1. The summed E-state index contributed by atoms with van der Waals surface area (Å²) >= 11 is 6.08. The standard InChI is InChI=1S/C25H23ClN6O3/c1-15-5-6-17(22(33)23(15)35-19-11-16(14-28)10-18(26)13-19)12-21-20-4-3-8-29-24(20)32(30-21)25(34)31(2)9-7-27/h3-6,8,10-11,13,17H,7,9,12,27H2,1-2H3. The number of aromatic nitrogens is 3. The molecule has 2 heterocycles. The first-order valence-electron chi connectivity index (χ1n) is 10.9.